The van der Waals surface area contributed by atoms with Gasteiger partial charge in [0.25, 0.3) is 0 Å². The average Bonchev–Trinajstić information content (AvgIpc) is 3.64. The Labute approximate surface area is 315 Å². The van der Waals surface area contributed by atoms with Gasteiger partial charge in [-0.25, -0.2) is 13.4 Å². The molecule has 2 aromatic heterocycles. The zero-order valence-corrected chi connectivity index (χ0v) is 32.7. The van der Waals surface area contributed by atoms with E-state index in [-0.39, 0.29) is 51.9 Å². The molecule has 1 fully saturated rings. The second kappa shape index (κ2) is 11.2. The van der Waals surface area contributed by atoms with Crippen LogP contribution in [0.25, 0.3) is 27.6 Å². The summed E-state index contributed by atoms with van der Waals surface area (Å²) in [6.07, 6.45) is 1.80. The fraction of sp³-hybridized carbons (Fsp3) is 0.286. The summed E-state index contributed by atoms with van der Waals surface area (Å²) >= 11 is 0. The van der Waals surface area contributed by atoms with E-state index >= 15 is 0 Å². The molecule has 9 rings (SSSR count). The SMILES string of the molecule is [2H]C([2H])([2H])[N@+]12[CH-][N@+](c3[c-]c(S(=O)(=O)c4[c-]c5c(cc4)c4ccccc4n5-c4cc(C(C)(C)C)ccn4)cc(C(C)(C)C)c3)(C1)c1cc(C)c(C)cc12.[Pt]. The molecule has 4 aromatic carbocycles. The van der Waals surface area contributed by atoms with Crippen molar-refractivity contribution in [3.05, 3.63) is 120 Å². The van der Waals surface area contributed by atoms with Gasteiger partial charge < -0.3 is 13.5 Å². The molecular formula is C42H43N4O2PtS-. The first kappa shape index (κ1) is 31.2. The van der Waals surface area contributed by atoms with Crippen molar-refractivity contribution < 1.29 is 33.6 Å². The zero-order chi connectivity index (χ0) is 37.4. The molecule has 3 aliphatic rings. The molecule has 0 N–H and O–H groups in total. The summed E-state index contributed by atoms with van der Waals surface area (Å²) in [7, 11) is -4.16. The minimum atomic E-state index is -4.16. The molecule has 5 heterocycles. The Morgan fingerprint density at radius 1 is 0.820 bits per heavy atom. The maximum atomic E-state index is 14.9. The van der Waals surface area contributed by atoms with E-state index in [2.05, 4.69) is 45.0 Å². The van der Waals surface area contributed by atoms with E-state index in [1.54, 1.807) is 18.3 Å². The van der Waals surface area contributed by atoms with Crippen molar-refractivity contribution in [3.63, 3.8) is 0 Å². The van der Waals surface area contributed by atoms with Gasteiger partial charge in [-0.15, -0.1) is 35.2 Å². The quantitative estimate of drug-likeness (QED) is 0.131. The summed E-state index contributed by atoms with van der Waals surface area (Å²) in [5.41, 5.74) is 7.14. The Bertz CT molecular complexity index is 2590. The second-order valence-electron chi connectivity index (χ2n) is 15.9. The minimum Gasteiger partial charge on any atom is -0.325 e. The molecule has 2 atom stereocenters. The molecule has 1 saturated heterocycles. The van der Waals surface area contributed by atoms with Crippen LogP contribution in [0.5, 0.6) is 0 Å². The third kappa shape index (κ3) is 5.07. The van der Waals surface area contributed by atoms with Gasteiger partial charge in [0.2, 0.25) is 0 Å². The number of rotatable bonds is 4. The molecule has 6 aromatic rings. The maximum Gasteiger partial charge on any atom is 0.179 e. The first-order valence-electron chi connectivity index (χ1n) is 18.2. The van der Waals surface area contributed by atoms with Gasteiger partial charge in [-0.1, -0.05) is 65.3 Å². The molecular weight excluding hydrogens is 820 g/mol. The molecule has 260 valence electrons. The minimum absolute atomic E-state index is 0. The number of quaternary nitrogens is 2. The third-order valence-corrected chi connectivity index (χ3v) is 12.0. The Balaban J connectivity index is 0.00000435. The number of pyridine rings is 1. The summed E-state index contributed by atoms with van der Waals surface area (Å²) in [6, 6.07) is 29.9. The van der Waals surface area contributed by atoms with Crippen LogP contribution in [-0.2, 0) is 41.7 Å². The normalized spacial score (nSPS) is 21.2. The van der Waals surface area contributed by atoms with E-state index in [0.29, 0.717) is 17.0 Å². The standard InChI is InChI=1S/C42H43N4O2S.Pt/c1-27-18-38-39(19-28(27)2)46(25-45(38,9)26-46)31-20-30(42(6,7)8)21-33(23-31)49(47,48)32-14-15-35-34-12-10-11-13-36(34)44(37(35)24-32)40-22-29(16-17-43-40)41(3,4)5;/h10-22,25H,26H2,1-9H3;/q-1;/t45-,46+;/m0./s1/i9D3;. The van der Waals surface area contributed by atoms with Crippen LogP contribution in [0.4, 0.5) is 17.1 Å². The molecule has 0 aliphatic carbocycles. The van der Waals surface area contributed by atoms with Crippen LogP contribution in [0.1, 0.15) is 67.9 Å². The van der Waals surface area contributed by atoms with Gasteiger partial charge in [0.05, 0.1) is 17.8 Å². The number of aryl methyl sites for hydroxylation is 2. The van der Waals surface area contributed by atoms with E-state index in [0.717, 1.165) is 49.9 Å². The van der Waals surface area contributed by atoms with E-state index in [1.165, 1.54) is 0 Å². The van der Waals surface area contributed by atoms with Crippen molar-refractivity contribution in [2.24, 2.45) is 0 Å². The second-order valence-corrected chi connectivity index (χ2v) is 17.8. The van der Waals surface area contributed by atoms with Crippen LogP contribution in [0, 0.1) is 32.6 Å². The van der Waals surface area contributed by atoms with Crippen molar-refractivity contribution in [1.82, 2.24) is 18.5 Å². The summed E-state index contributed by atoms with van der Waals surface area (Å²) < 4.78 is 57.2. The number of aromatic nitrogens is 2. The van der Waals surface area contributed by atoms with Crippen LogP contribution in [0.15, 0.2) is 88.8 Å². The van der Waals surface area contributed by atoms with Gasteiger partial charge >= 0.3 is 0 Å². The van der Waals surface area contributed by atoms with E-state index in [9.17, 15) is 8.42 Å². The van der Waals surface area contributed by atoms with Crippen LogP contribution in [-0.4, -0.2) is 31.6 Å². The predicted molar refractivity (Wildman–Crippen MR) is 200 cm³/mol. The topological polar surface area (TPSA) is 52.0 Å². The van der Waals surface area contributed by atoms with E-state index in [1.807, 2.05) is 94.4 Å². The third-order valence-electron chi connectivity index (χ3n) is 10.4. The Kier molecular flexibility index (Phi) is 6.97. The summed E-state index contributed by atoms with van der Waals surface area (Å²) in [5.74, 6) is 0.686. The molecule has 0 saturated carbocycles. The molecule has 3 aliphatic heterocycles. The molecule has 2 bridgehead atoms. The fourth-order valence-electron chi connectivity index (χ4n) is 7.35. The number of sulfone groups is 1. The van der Waals surface area contributed by atoms with Gasteiger partial charge in [-0.05, 0) is 74.7 Å². The predicted octanol–water partition coefficient (Wildman–Crippen LogP) is 9.50. The summed E-state index contributed by atoms with van der Waals surface area (Å²) in [5, 5.41) is 1.85. The van der Waals surface area contributed by atoms with E-state index in [4.69, 9.17) is 9.10 Å². The van der Waals surface area contributed by atoms with Gasteiger partial charge in [0, 0.05) is 50.6 Å². The number of hydrogen-bond acceptors (Lipinski definition) is 3. The summed E-state index contributed by atoms with van der Waals surface area (Å²) in [4.78, 5) is 4.80. The van der Waals surface area contributed by atoms with Crippen molar-refractivity contribution in [3.8, 4) is 5.82 Å². The molecule has 50 heavy (non-hydrogen) atoms. The molecule has 0 unspecified atom stereocenters. The van der Waals surface area contributed by atoms with Gasteiger partial charge in [-0.3, -0.25) is 0 Å². The van der Waals surface area contributed by atoms with Crippen molar-refractivity contribution in [2.75, 3.05) is 13.6 Å². The number of hydrogen-bond donors (Lipinski definition) is 0. The maximum absolute atomic E-state index is 14.9. The van der Waals surface area contributed by atoms with Gasteiger partial charge in [0.15, 0.2) is 27.9 Å². The number of nitrogens with zero attached hydrogens (tertiary/aromatic N) is 4. The first-order chi connectivity index (χ1) is 24.2. The fourth-order valence-corrected chi connectivity index (χ4v) is 8.59. The molecule has 0 spiro atoms. The molecule has 8 heteroatoms. The largest absolute Gasteiger partial charge is 0.325 e. The average molecular weight is 866 g/mol. The van der Waals surface area contributed by atoms with E-state index < -0.39 is 22.2 Å². The van der Waals surface area contributed by atoms with Crippen LogP contribution in [0.3, 0.4) is 0 Å². The van der Waals surface area contributed by atoms with Crippen LogP contribution < -0.4 is 8.97 Å². The van der Waals surface area contributed by atoms with Gasteiger partial charge in [0.1, 0.15) is 5.82 Å². The van der Waals surface area contributed by atoms with Crippen LogP contribution >= 0.6 is 0 Å². The Hall–Kier alpha value is -3.61. The Morgan fingerprint density at radius 2 is 1.50 bits per heavy atom. The van der Waals surface area contributed by atoms with Gasteiger partial charge in [-0.2, -0.15) is 12.1 Å². The summed E-state index contributed by atoms with van der Waals surface area (Å²) in [6.45, 7) is 16.3. The Morgan fingerprint density at radius 3 is 2.18 bits per heavy atom. The first-order valence-corrected chi connectivity index (χ1v) is 18.2. The molecule has 0 amide bonds. The number of benzene rings is 4. The van der Waals surface area contributed by atoms with Crippen molar-refractivity contribution in [2.45, 2.75) is 76.0 Å². The van der Waals surface area contributed by atoms with Crippen LogP contribution in [0.2, 0.25) is 0 Å². The number of para-hydroxylation sites is 1. The number of fused-ring (bicyclic) bond motifs is 3. The molecule has 6 nitrogen and oxygen atoms in total. The van der Waals surface area contributed by atoms with Crippen molar-refractivity contribution in [1.29, 1.82) is 0 Å². The zero-order valence-electron chi connectivity index (χ0n) is 32.6. The monoisotopic (exact) mass is 865 g/mol. The van der Waals surface area contributed by atoms with Crippen molar-refractivity contribution >= 4 is 48.7 Å². The molecule has 0 radical (unpaired) electrons. The smallest absolute Gasteiger partial charge is 0.179 e.